The first kappa shape index (κ1) is 16.5. The predicted molar refractivity (Wildman–Crippen MR) is 80.8 cm³/mol. The van der Waals surface area contributed by atoms with Crippen molar-refractivity contribution in [1.29, 1.82) is 0 Å². The summed E-state index contributed by atoms with van der Waals surface area (Å²) >= 11 is 0. The van der Waals surface area contributed by atoms with E-state index in [-0.39, 0.29) is 0 Å². The highest BCUT2D eigenvalue weighted by atomic mass is 16.5. The van der Waals surface area contributed by atoms with Crippen LogP contribution in [0.4, 0.5) is 5.69 Å². The predicted octanol–water partition coefficient (Wildman–Crippen LogP) is 3.89. The Kier molecular flexibility index (Phi) is 7.09. The number of carboxylic acids is 1. The van der Waals surface area contributed by atoms with Crippen molar-refractivity contribution < 1.29 is 14.6 Å². The number of rotatable bonds is 10. The highest BCUT2D eigenvalue weighted by molar-refractivity contribution is 5.80. The van der Waals surface area contributed by atoms with Crippen LogP contribution in [0.1, 0.15) is 46.0 Å². The van der Waals surface area contributed by atoms with Crippen LogP contribution in [0.25, 0.3) is 0 Å². The molecule has 4 heteroatoms. The molecular weight excluding hydrogens is 254 g/mol. The van der Waals surface area contributed by atoms with E-state index in [4.69, 9.17) is 4.74 Å². The Labute approximate surface area is 121 Å². The summed E-state index contributed by atoms with van der Waals surface area (Å²) in [5.41, 5.74) is -0.561. The summed E-state index contributed by atoms with van der Waals surface area (Å²) in [5.74, 6) is -0.953. The van der Waals surface area contributed by atoms with Gasteiger partial charge in [-0.1, -0.05) is 44.9 Å². The molecule has 0 saturated carbocycles. The largest absolute Gasteiger partial charge is 0.478 e. The van der Waals surface area contributed by atoms with Crippen molar-refractivity contribution in [2.75, 3.05) is 11.9 Å². The van der Waals surface area contributed by atoms with Crippen LogP contribution in [-0.2, 0) is 9.53 Å². The van der Waals surface area contributed by atoms with Crippen LogP contribution in [-0.4, -0.2) is 23.4 Å². The molecule has 0 aliphatic carbocycles. The lowest BCUT2D eigenvalue weighted by Crippen LogP contribution is -2.49. The van der Waals surface area contributed by atoms with Gasteiger partial charge < -0.3 is 15.2 Å². The Hall–Kier alpha value is -1.55. The van der Waals surface area contributed by atoms with E-state index in [2.05, 4.69) is 12.2 Å². The zero-order chi connectivity index (χ0) is 14.8. The van der Waals surface area contributed by atoms with Crippen LogP contribution in [0.5, 0.6) is 0 Å². The van der Waals surface area contributed by atoms with Crippen LogP contribution in [0.15, 0.2) is 30.3 Å². The Bertz CT molecular complexity index is 394. The molecule has 1 aromatic rings. The van der Waals surface area contributed by atoms with Gasteiger partial charge in [0.05, 0.1) is 6.61 Å². The van der Waals surface area contributed by atoms with Crippen LogP contribution < -0.4 is 5.32 Å². The molecule has 2 N–H and O–H groups in total. The second kappa shape index (κ2) is 8.59. The van der Waals surface area contributed by atoms with Crippen molar-refractivity contribution in [2.45, 2.75) is 51.7 Å². The number of unbranched alkanes of at least 4 members (excludes halogenated alkanes) is 2. The number of carbonyl (C=O) groups is 1. The zero-order valence-electron chi connectivity index (χ0n) is 12.4. The van der Waals surface area contributed by atoms with Gasteiger partial charge in [0.15, 0.2) is 0 Å². The van der Waals surface area contributed by atoms with Gasteiger partial charge in [0, 0.05) is 12.1 Å². The minimum atomic E-state index is -1.33. The lowest BCUT2D eigenvalue weighted by Gasteiger charge is -2.31. The second-order valence-electron chi connectivity index (χ2n) is 4.93. The number of para-hydroxylation sites is 1. The number of hydrogen-bond donors (Lipinski definition) is 2. The van der Waals surface area contributed by atoms with E-state index in [1.807, 2.05) is 37.3 Å². The molecule has 0 bridgehead atoms. The average Bonchev–Trinajstić information content (AvgIpc) is 2.45. The van der Waals surface area contributed by atoms with Crippen molar-refractivity contribution in [3.8, 4) is 0 Å². The van der Waals surface area contributed by atoms with Crippen molar-refractivity contribution >= 4 is 11.7 Å². The summed E-state index contributed by atoms with van der Waals surface area (Å²) in [4.78, 5) is 11.7. The molecule has 112 valence electrons. The SMILES string of the molecule is CCCCOC(CCCC)(Nc1ccccc1)C(=O)O. The van der Waals surface area contributed by atoms with E-state index in [1.165, 1.54) is 0 Å². The Balaban J connectivity index is 2.86. The monoisotopic (exact) mass is 279 g/mol. The molecule has 4 nitrogen and oxygen atoms in total. The molecule has 1 atom stereocenters. The third-order valence-electron chi connectivity index (χ3n) is 3.19. The normalized spacial score (nSPS) is 13.7. The van der Waals surface area contributed by atoms with Crippen molar-refractivity contribution in [2.24, 2.45) is 0 Å². The standard InChI is InChI=1S/C16H25NO3/c1-3-5-12-16(15(18)19,20-13-6-4-2)17-14-10-8-7-9-11-14/h7-11,17H,3-6,12-13H2,1-2H3,(H,18,19). The summed E-state index contributed by atoms with van der Waals surface area (Å²) in [5, 5.41) is 12.7. The van der Waals surface area contributed by atoms with Crippen LogP contribution in [0.2, 0.25) is 0 Å². The van der Waals surface area contributed by atoms with E-state index >= 15 is 0 Å². The van der Waals surface area contributed by atoms with Crippen LogP contribution >= 0.6 is 0 Å². The summed E-state index contributed by atoms with van der Waals surface area (Å²) < 4.78 is 5.73. The van der Waals surface area contributed by atoms with E-state index in [9.17, 15) is 9.90 Å². The molecule has 0 saturated heterocycles. The van der Waals surface area contributed by atoms with Gasteiger partial charge in [-0.15, -0.1) is 0 Å². The third kappa shape index (κ3) is 4.85. The van der Waals surface area contributed by atoms with Gasteiger partial charge in [0.25, 0.3) is 0 Å². The van der Waals surface area contributed by atoms with Gasteiger partial charge in [0.2, 0.25) is 5.72 Å². The number of nitrogens with one attached hydrogen (secondary N) is 1. The number of aliphatic carboxylic acids is 1. The van der Waals surface area contributed by atoms with Gasteiger partial charge in [-0.3, -0.25) is 0 Å². The highest BCUT2D eigenvalue weighted by Gasteiger charge is 2.39. The molecule has 1 rings (SSSR count). The molecule has 0 radical (unpaired) electrons. The number of hydrogen-bond acceptors (Lipinski definition) is 3. The minimum Gasteiger partial charge on any atom is -0.478 e. The molecule has 1 unspecified atom stereocenters. The van der Waals surface area contributed by atoms with Gasteiger partial charge in [-0.2, -0.15) is 0 Å². The minimum absolute atomic E-state index is 0.451. The quantitative estimate of drug-likeness (QED) is 0.504. The van der Waals surface area contributed by atoms with Gasteiger partial charge in [0.1, 0.15) is 0 Å². The van der Waals surface area contributed by atoms with E-state index in [0.717, 1.165) is 31.4 Å². The van der Waals surface area contributed by atoms with E-state index in [0.29, 0.717) is 13.0 Å². The average molecular weight is 279 g/mol. The maximum Gasteiger partial charge on any atom is 0.357 e. The van der Waals surface area contributed by atoms with Crippen molar-refractivity contribution in [3.63, 3.8) is 0 Å². The molecule has 0 aliphatic heterocycles. The van der Waals surface area contributed by atoms with E-state index in [1.54, 1.807) is 0 Å². The molecular formula is C16H25NO3. The summed E-state index contributed by atoms with van der Waals surface area (Å²) in [7, 11) is 0. The smallest absolute Gasteiger partial charge is 0.357 e. The zero-order valence-corrected chi connectivity index (χ0v) is 12.4. The molecule has 20 heavy (non-hydrogen) atoms. The fourth-order valence-corrected chi connectivity index (χ4v) is 1.96. The van der Waals surface area contributed by atoms with Crippen LogP contribution in [0.3, 0.4) is 0 Å². The topological polar surface area (TPSA) is 58.6 Å². The Morgan fingerprint density at radius 2 is 1.85 bits per heavy atom. The van der Waals surface area contributed by atoms with Crippen LogP contribution in [0, 0.1) is 0 Å². The van der Waals surface area contributed by atoms with Crippen molar-refractivity contribution in [3.05, 3.63) is 30.3 Å². The molecule has 0 aliphatic rings. The molecule has 0 amide bonds. The maximum absolute atomic E-state index is 11.7. The summed E-state index contributed by atoms with van der Waals surface area (Å²) in [6.45, 7) is 4.55. The van der Waals surface area contributed by atoms with Gasteiger partial charge >= 0.3 is 5.97 Å². The maximum atomic E-state index is 11.7. The Morgan fingerprint density at radius 1 is 1.20 bits per heavy atom. The molecule has 1 aromatic carbocycles. The fraction of sp³-hybridized carbons (Fsp3) is 0.562. The molecule has 0 fully saturated rings. The number of ether oxygens (including phenoxy) is 1. The first-order valence-electron chi connectivity index (χ1n) is 7.35. The highest BCUT2D eigenvalue weighted by Crippen LogP contribution is 2.23. The molecule has 0 aromatic heterocycles. The number of anilines is 1. The lowest BCUT2D eigenvalue weighted by atomic mass is 10.0. The lowest BCUT2D eigenvalue weighted by molar-refractivity contribution is -0.163. The fourth-order valence-electron chi connectivity index (χ4n) is 1.96. The first-order valence-corrected chi connectivity index (χ1v) is 7.35. The van der Waals surface area contributed by atoms with Gasteiger partial charge in [-0.05, 0) is 25.0 Å². The number of benzene rings is 1. The van der Waals surface area contributed by atoms with E-state index < -0.39 is 11.7 Å². The third-order valence-corrected chi connectivity index (χ3v) is 3.19. The molecule has 0 spiro atoms. The van der Waals surface area contributed by atoms with Gasteiger partial charge in [-0.25, -0.2) is 4.79 Å². The molecule has 0 heterocycles. The Morgan fingerprint density at radius 3 is 2.40 bits per heavy atom. The second-order valence-corrected chi connectivity index (χ2v) is 4.93. The van der Waals surface area contributed by atoms with Crippen molar-refractivity contribution in [1.82, 2.24) is 0 Å². The summed E-state index contributed by atoms with van der Waals surface area (Å²) in [6, 6.07) is 9.36. The summed E-state index contributed by atoms with van der Waals surface area (Å²) in [6.07, 6.45) is 4.03. The first-order chi connectivity index (χ1) is 9.64. The number of carboxylic acid groups (broad SMARTS) is 1.